The predicted molar refractivity (Wildman–Crippen MR) is 75.2 cm³/mol. The first-order valence-corrected chi connectivity index (χ1v) is 6.89. The fourth-order valence-corrected chi connectivity index (χ4v) is 2.22. The number of methoxy groups -OCH3 is 1. The van der Waals surface area contributed by atoms with E-state index < -0.39 is 0 Å². The molecule has 0 radical (unpaired) electrons. The van der Waals surface area contributed by atoms with Crippen LogP contribution in [0.15, 0.2) is 24.3 Å². The molecular weight excluding hydrogens is 274 g/mol. The number of benzene rings is 1. The van der Waals surface area contributed by atoms with Crippen LogP contribution in [0, 0.1) is 0 Å². The lowest BCUT2D eigenvalue weighted by atomic mass is 10.2. The van der Waals surface area contributed by atoms with E-state index >= 15 is 0 Å². The second-order valence-corrected chi connectivity index (χ2v) is 4.71. The zero-order valence-corrected chi connectivity index (χ0v) is 12.1. The molecule has 0 bridgehead atoms. The molecule has 1 heterocycles. The summed E-state index contributed by atoms with van der Waals surface area (Å²) in [5, 5.41) is 3.04. The molecule has 2 atom stereocenters. The molecule has 0 saturated carbocycles. The summed E-state index contributed by atoms with van der Waals surface area (Å²) >= 11 is 0. The van der Waals surface area contributed by atoms with Crippen LogP contribution in [0.3, 0.4) is 0 Å². The Kier molecular flexibility index (Phi) is 5.16. The maximum atomic E-state index is 11.7. The quantitative estimate of drug-likeness (QED) is 0.821. The van der Waals surface area contributed by atoms with Crippen molar-refractivity contribution in [3.63, 3.8) is 0 Å². The first kappa shape index (κ1) is 15.3. The summed E-state index contributed by atoms with van der Waals surface area (Å²) in [4.78, 5) is 23.1. The van der Waals surface area contributed by atoms with Crippen molar-refractivity contribution in [2.24, 2.45) is 0 Å². The fraction of sp³-hybridized carbons (Fsp3) is 0.467. The van der Waals surface area contributed by atoms with Gasteiger partial charge < -0.3 is 19.5 Å². The van der Waals surface area contributed by atoms with Gasteiger partial charge in [0.25, 0.3) is 0 Å². The van der Waals surface area contributed by atoms with Gasteiger partial charge in [0.1, 0.15) is 17.9 Å². The third kappa shape index (κ3) is 3.95. The molecule has 0 aliphatic carbocycles. The summed E-state index contributed by atoms with van der Waals surface area (Å²) in [6.45, 7) is 2.65. The van der Waals surface area contributed by atoms with E-state index in [1.807, 2.05) is 0 Å². The molecule has 1 aliphatic rings. The molecule has 1 aromatic carbocycles. The molecular formula is C15H19NO5. The van der Waals surface area contributed by atoms with E-state index in [0.29, 0.717) is 30.9 Å². The highest BCUT2D eigenvalue weighted by atomic mass is 16.5. The fourth-order valence-electron chi connectivity index (χ4n) is 2.22. The summed E-state index contributed by atoms with van der Waals surface area (Å²) in [6, 6.07) is 6.49. The van der Waals surface area contributed by atoms with Gasteiger partial charge in [-0.25, -0.2) is 4.79 Å². The van der Waals surface area contributed by atoms with Crippen LogP contribution >= 0.6 is 0 Å². The van der Waals surface area contributed by atoms with Gasteiger partial charge in [-0.2, -0.15) is 0 Å². The minimum Gasteiger partial charge on any atom is -0.489 e. The van der Waals surface area contributed by atoms with E-state index in [1.54, 1.807) is 31.2 Å². The van der Waals surface area contributed by atoms with E-state index in [2.05, 4.69) is 5.32 Å². The Morgan fingerprint density at radius 3 is 2.90 bits per heavy atom. The minimum atomic E-state index is -0.375. The lowest BCUT2D eigenvalue weighted by Crippen LogP contribution is -2.31. The van der Waals surface area contributed by atoms with E-state index in [-0.39, 0.29) is 24.1 Å². The van der Waals surface area contributed by atoms with Crippen LogP contribution in [0.5, 0.6) is 5.75 Å². The Morgan fingerprint density at radius 1 is 1.38 bits per heavy atom. The van der Waals surface area contributed by atoms with Gasteiger partial charge in [-0.15, -0.1) is 0 Å². The maximum absolute atomic E-state index is 11.7. The standard InChI is InChI=1S/C15H19NO5/c1-3-20-14(17)10-5-4-6-11(7-10)21-12-8-13(16-9-12)15(18)19-2/h4-7,12-13,16H,3,8-9H2,1-2H3. The average Bonchev–Trinajstić information content (AvgIpc) is 2.95. The highest BCUT2D eigenvalue weighted by molar-refractivity contribution is 5.89. The van der Waals surface area contributed by atoms with Crippen molar-refractivity contribution in [3.8, 4) is 5.75 Å². The molecule has 1 N–H and O–H groups in total. The molecule has 6 nitrogen and oxygen atoms in total. The number of hydrogen-bond acceptors (Lipinski definition) is 6. The molecule has 1 aromatic rings. The lowest BCUT2D eigenvalue weighted by molar-refractivity contribution is -0.142. The van der Waals surface area contributed by atoms with Gasteiger partial charge in [0, 0.05) is 13.0 Å². The molecule has 1 saturated heterocycles. The second-order valence-electron chi connectivity index (χ2n) is 4.71. The van der Waals surface area contributed by atoms with E-state index in [1.165, 1.54) is 7.11 Å². The van der Waals surface area contributed by atoms with Gasteiger partial charge in [-0.05, 0) is 25.1 Å². The summed E-state index contributed by atoms with van der Waals surface area (Å²) in [6.07, 6.45) is 0.405. The number of ether oxygens (including phenoxy) is 3. The number of hydrogen-bond donors (Lipinski definition) is 1. The average molecular weight is 293 g/mol. The van der Waals surface area contributed by atoms with Crippen LogP contribution in [0.2, 0.25) is 0 Å². The van der Waals surface area contributed by atoms with Crippen LogP contribution in [-0.4, -0.2) is 44.3 Å². The molecule has 6 heteroatoms. The topological polar surface area (TPSA) is 73.9 Å². The molecule has 21 heavy (non-hydrogen) atoms. The van der Waals surface area contributed by atoms with Gasteiger partial charge in [0.2, 0.25) is 0 Å². The van der Waals surface area contributed by atoms with Crippen molar-refractivity contribution in [3.05, 3.63) is 29.8 Å². The Bertz CT molecular complexity index is 517. The maximum Gasteiger partial charge on any atom is 0.338 e. The van der Waals surface area contributed by atoms with Crippen LogP contribution < -0.4 is 10.1 Å². The highest BCUT2D eigenvalue weighted by Crippen LogP contribution is 2.19. The lowest BCUT2D eigenvalue weighted by Gasteiger charge is -2.13. The van der Waals surface area contributed by atoms with Crippen molar-refractivity contribution in [2.75, 3.05) is 20.3 Å². The third-order valence-electron chi connectivity index (χ3n) is 3.22. The van der Waals surface area contributed by atoms with Crippen LogP contribution in [0.25, 0.3) is 0 Å². The first-order valence-electron chi connectivity index (χ1n) is 6.89. The van der Waals surface area contributed by atoms with Gasteiger partial charge in [-0.3, -0.25) is 4.79 Å². The van der Waals surface area contributed by atoms with Crippen LogP contribution in [0.4, 0.5) is 0 Å². The van der Waals surface area contributed by atoms with Gasteiger partial charge in [0.15, 0.2) is 0 Å². The Morgan fingerprint density at radius 2 is 2.19 bits per heavy atom. The Balaban J connectivity index is 1.96. The van der Waals surface area contributed by atoms with Crippen LogP contribution in [-0.2, 0) is 14.3 Å². The zero-order chi connectivity index (χ0) is 15.2. The minimum absolute atomic E-state index is 0.133. The molecule has 2 unspecified atom stereocenters. The summed E-state index contributed by atoms with van der Waals surface area (Å²) in [7, 11) is 1.36. The first-order chi connectivity index (χ1) is 10.1. The van der Waals surface area contributed by atoms with E-state index in [9.17, 15) is 9.59 Å². The largest absolute Gasteiger partial charge is 0.489 e. The number of carbonyl (C=O) groups is 2. The number of nitrogens with one attached hydrogen (secondary N) is 1. The Labute approximate surface area is 123 Å². The normalized spacial score (nSPS) is 20.9. The summed E-state index contributed by atoms with van der Waals surface area (Å²) in [5.41, 5.74) is 0.449. The molecule has 0 amide bonds. The zero-order valence-electron chi connectivity index (χ0n) is 12.1. The van der Waals surface area contributed by atoms with Gasteiger partial charge in [-0.1, -0.05) is 6.07 Å². The van der Waals surface area contributed by atoms with Crippen molar-refractivity contribution in [1.82, 2.24) is 5.32 Å². The molecule has 1 fully saturated rings. The van der Waals surface area contributed by atoms with Crippen molar-refractivity contribution < 1.29 is 23.8 Å². The number of esters is 2. The smallest absolute Gasteiger partial charge is 0.338 e. The van der Waals surface area contributed by atoms with Gasteiger partial charge in [0.05, 0.1) is 19.3 Å². The van der Waals surface area contributed by atoms with E-state index in [0.717, 1.165) is 0 Å². The number of carbonyl (C=O) groups excluding carboxylic acids is 2. The third-order valence-corrected chi connectivity index (χ3v) is 3.22. The van der Waals surface area contributed by atoms with Crippen molar-refractivity contribution in [1.29, 1.82) is 0 Å². The van der Waals surface area contributed by atoms with Crippen LogP contribution in [0.1, 0.15) is 23.7 Å². The Hall–Kier alpha value is -2.08. The SMILES string of the molecule is CCOC(=O)c1cccc(OC2CNC(C(=O)OC)C2)c1. The molecule has 2 rings (SSSR count). The molecule has 114 valence electrons. The second kappa shape index (κ2) is 7.08. The highest BCUT2D eigenvalue weighted by Gasteiger charge is 2.31. The number of rotatable bonds is 5. The van der Waals surface area contributed by atoms with Gasteiger partial charge >= 0.3 is 11.9 Å². The molecule has 0 spiro atoms. The summed E-state index contributed by atoms with van der Waals surface area (Å²) < 4.78 is 15.4. The molecule has 0 aromatic heterocycles. The monoisotopic (exact) mass is 293 g/mol. The molecule has 1 aliphatic heterocycles. The predicted octanol–water partition coefficient (Wildman–Crippen LogP) is 1.15. The van der Waals surface area contributed by atoms with E-state index in [4.69, 9.17) is 14.2 Å². The van der Waals surface area contributed by atoms with Crippen molar-refractivity contribution >= 4 is 11.9 Å². The summed E-state index contributed by atoms with van der Waals surface area (Å²) in [5.74, 6) is -0.0841. The van der Waals surface area contributed by atoms with Crippen molar-refractivity contribution in [2.45, 2.75) is 25.5 Å².